The normalized spacial score (nSPS) is 14.5. The lowest BCUT2D eigenvalue weighted by atomic mass is 10.1. The van der Waals surface area contributed by atoms with E-state index in [4.69, 9.17) is 9.47 Å². The number of rotatable bonds is 5. The summed E-state index contributed by atoms with van der Waals surface area (Å²) >= 11 is 0. The molecule has 2 aromatic heterocycles. The second kappa shape index (κ2) is 7.40. The lowest BCUT2D eigenvalue weighted by Crippen LogP contribution is -2.38. The Balaban J connectivity index is 1.47. The zero-order valence-electron chi connectivity index (χ0n) is 16.7. The van der Waals surface area contributed by atoms with Crippen LogP contribution in [0.5, 0.6) is 17.4 Å². The first-order chi connectivity index (χ1) is 14.2. The number of hydrogen-bond acceptors (Lipinski definition) is 6. The zero-order chi connectivity index (χ0) is 21.5. The molecule has 3 heterocycles. The van der Waals surface area contributed by atoms with Crippen LogP contribution in [0, 0.1) is 11.8 Å². The van der Waals surface area contributed by atoms with Crippen molar-refractivity contribution in [1.29, 1.82) is 0 Å². The molecule has 0 aliphatic carbocycles. The number of benzene rings is 1. The average Bonchev–Trinajstić information content (AvgIpc) is 2.94. The highest BCUT2D eigenvalue weighted by Crippen LogP contribution is 2.32. The molecule has 9 heteroatoms. The predicted octanol–water partition coefficient (Wildman–Crippen LogP) is 3.52. The van der Waals surface area contributed by atoms with Crippen LogP contribution >= 0.6 is 0 Å². The van der Waals surface area contributed by atoms with Crippen molar-refractivity contribution in [1.82, 2.24) is 14.5 Å². The number of pyridine rings is 1. The van der Waals surface area contributed by atoms with E-state index in [2.05, 4.69) is 9.97 Å². The van der Waals surface area contributed by atoms with E-state index < -0.39 is 11.8 Å². The van der Waals surface area contributed by atoms with Gasteiger partial charge in [0.25, 0.3) is 0 Å². The van der Waals surface area contributed by atoms with Gasteiger partial charge in [-0.15, -0.1) is 0 Å². The molecular weight excluding hydrogens is 394 g/mol. The summed E-state index contributed by atoms with van der Waals surface area (Å²) in [5.74, 6) is -0.167. The fraction of sp³-hybridized carbons (Fsp3) is 0.286. The fourth-order valence-electron chi connectivity index (χ4n) is 3.20. The van der Waals surface area contributed by atoms with Crippen LogP contribution in [0.25, 0.3) is 0 Å². The number of hydrogen-bond donors (Lipinski definition) is 0. The van der Waals surface area contributed by atoms with Crippen LogP contribution in [-0.2, 0) is 13.2 Å². The molecule has 0 saturated carbocycles. The minimum absolute atomic E-state index is 0.0232. The number of halogens is 2. The van der Waals surface area contributed by atoms with E-state index in [0.717, 1.165) is 11.9 Å². The lowest BCUT2D eigenvalue weighted by Gasteiger charge is -2.28. The molecule has 1 aliphatic heterocycles. The van der Waals surface area contributed by atoms with Crippen LogP contribution in [0.1, 0.15) is 19.4 Å². The topological polar surface area (TPSA) is 69.5 Å². The van der Waals surface area contributed by atoms with E-state index in [1.807, 2.05) is 25.8 Å². The Morgan fingerprint density at radius 3 is 2.67 bits per heavy atom. The van der Waals surface area contributed by atoms with E-state index in [1.165, 1.54) is 24.4 Å². The van der Waals surface area contributed by atoms with Gasteiger partial charge in [0.1, 0.15) is 18.2 Å². The molecule has 0 fully saturated rings. The molecule has 4 rings (SSSR count). The number of ether oxygens (including phenoxy) is 2. The van der Waals surface area contributed by atoms with Gasteiger partial charge in [0, 0.05) is 13.1 Å². The standard InChI is InChI=1S/C21H20F2N4O3/c1-21(2)12-27-19(26(21)3)9-18(25-20(27)28)29-11-13-4-6-16(15(22)8-13)30-14-5-7-17(23)24-10-14/h4-10H,11-12H2,1-3H3. The molecule has 156 valence electrons. The summed E-state index contributed by atoms with van der Waals surface area (Å²) < 4.78 is 39.8. The molecule has 0 atom stereocenters. The first kappa shape index (κ1) is 19.8. The number of likely N-dealkylation sites (N-methyl/N-ethyl adjacent to an activating group) is 1. The molecule has 0 N–H and O–H groups in total. The molecule has 1 aromatic carbocycles. The number of fused-ring (bicyclic) bond motifs is 1. The molecular formula is C21H20F2N4O3. The summed E-state index contributed by atoms with van der Waals surface area (Å²) in [4.78, 5) is 21.7. The molecule has 1 aliphatic rings. The maximum absolute atomic E-state index is 14.4. The first-order valence-electron chi connectivity index (χ1n) is 9.29. The van der Waals surface area contributed by atoms with Crippen LogP contribution in [0.4, 0.5) is 14.6 Å². The highest BCUT2D eigenvalue weighted by atomic mass is 19.1. The van der Waals surface area contributed by atoms with Crippen LogP contribution in [0.2, 0.25) is 0 Å². The summed E-state index contributed by atoms with van der Waals surface area (Å²) in [5.41, 5.74) is -0.0539. The van der Waals surface area contributed by atoms with Crippen molar-refractivity contribution in [2.45, 2.75) is 32.5 Å². The van der Waals surface area contributed by atoms with Crippen molar-refractivity contribution in [2.75, 3.05) is 11.9 Å². The third-order valence-corrected chi connectivity index (χ3v) is 5.07. The maximum atomic E-state index is 14.4. The SMILES string of the molecule is CN1c2cc(OCc3ccc(Oc4ccc(F)nc4)c(F)c3)nc(=O)n2CC1(C)C. The molecule has 0 saturated heterocycles. The third kappa shape index (κ3) is 3.83. The van der Waals surface area contributed by atoms with Crippen LogP contribution < -0.4 is 20.1 Å². The predicted molar refractivity (Wildman–Crippen MR) is 106 cm³/mol. The van der Waals surface area contributed by atoms with Crippen molar-refractivity contribution in [2.24, 2.45) is 0 Å². The molecule has 3 aromatic rings. The van der Waals surface area contributed by atoms with Gasteiger partial charge in [0.2, 0.25) is 11.8 Å². The van der Waals surface area contributed by atoms with Crippen molar-refractivity contribution in [3.8, 4) is 17.4 Å². The van der Waals surface area contributed by atoms with E-state index in [1.54, 1.807) is 16.7 Å². The van der Waals surface area contributed by atoms with Gasteiger partial charge >= 0.3 is 5.69 Å². The van der Waals surface area contributed by atoms with Gasteiger partial charge in [0.15, 0.2) is 11.6 Å². The Kier molecular flexibility index (Phi) is 4.89. The minimum Gasteiger partial charge on any atom is -0.473 e. The molecule has 0 unspecified atom stereocenters. The van der Waals surface area contributed by atoms with Crippen molar-refractivity contribution in [3.63, 3.8) is 0 Å². The fourth-order valence-corrected chi connectivity index (χ4v) is 3.20. The van der Waals surface area contributed by atoms with Crippen LogP contribution in [-0.4, -0.2) is 27.1 Å². The van der Waals surface area contributed by atoms with Gasteiger partial charge in [0.05, 0.1) is 18.3 Å². The second-order valence-corrected chi connectivity index (χ2v) is 7.66. The van der Waals surface area contributed by atoms with E-state index in [0.29, 0.717) is 12.1 Å². The summed E-state index contributed by atoms with van der Waals surface area (Å²) in [7, 11) is 1.91. The summed E-state index contributed by atoms with van der Waals surface area (Å²) in [6.07, 6.45) is 1.17. The smallest absolute Gasteiger partial charge is 0.352 e. The van der Waals surface area contributed by atoms with E-state index in [-0.39, 0.29) is 35.2 Å². The van der Waals surface area contributed by atoms with Gasteiger partial charge in [-0.25, -0.2) is 14.2 Å². The first-order valence-corrected chi connectivity index (χ1v) is 9.29. The van der Waals surface area contributed by atoms with Crippen LogP contribution in [0.15, 0.2) is 47.4 Å². The quantitative estimate of drug-likeness (QED) is 0.595. The molecule has 0 amide bonds. The molecule has 0 bridgehead atoms. The van der Waals surface area contributed by atoms with Crippen LogP contribution in [0.3, 0.4) is 0 Å². The Hall–Kier alpha value is -3.49. The number of nitrogens with zero attached hydrogens (tertiary/aromatic N) is 4. The second-order valence-electron chi connectivity index (χ2n) is 7.66. The lowest BCUT2D eigenvalue weighted by molar-refractivity contribution is 0.290. The van der Waals surface area contributed by atoms with E-state index in [9.17, 15) is 13.6 Å². The summed E-state index contributed by atoms with van der Waals surface area (Å²) in [6, 6.07) is 8.52. The third-order valence-electron chi connectivity index (χ3n) is 5.07. The number of anilines is 1. The Morgan fingerprint density at radius 1 is 1.17 bits per heavy atom. The van der Waals surface area contributed by atoms with Gasteiger partial charge in [-0.3, -0.25) is 4.57 Å². The molecule has 7 nitrogen and oxygen atoms in total. The Bertz CT molecular complexity index is 1150. The van der Waals surface area contributed by atoms with Crippen molar-refractivity contribution in [3.05, 3.63) is 70.4 Å². The largest absolute Gasteiger partial charge is 0.473 e. The monoisotopic (exact) mass is 414 g/mol. The summed E-state index contributed by atoms with van der Waals surface area (Å²) in [5, 5.41) is 0. The number of aromatic nitrogens is 3. The van der Waals surface area contributed by atoms with E-state index >= 15 is 0 Å². The zero-order valence-corrected chi connectivity index (χ0v) is 16.7. The van der Waals surface area contributed by atoms with Gasteiger partial charge in [-0.1, -0.05) is 6.07 Å². The molecule has 30 heavy (non-hydrogen) atoms. The highest BCUT2D eigenvalue weighted by molar-refractivity contribution is 5.48. The summed E-state index contributed by atoms with van der Waals surface area (Å²) in [6.45, 7) is 4.64. The molecule has 0 radical (unpaired) electrons. The highest BCUT2D eigenvalue weighted by Gasteiger charge is 2.34. The maximum Gasteiger partial charge on any atom is 0.352 e. The van der Waals surface area contributed by atoms with Gasteiger partial charge < -0.3 is 14.4 Å². The van der Waals surface area contributed by atoms with Gasteiger partial charge in [-0.2, -0.15) is 9.37 Å². The van der Waals surface area contributed by atoms with Gasteiger partial charge in [-0.05, 0) is 43.7 Å². The Morgan fingerprint density at radius 2 is 1.97 bits per heavy atom. The average molecular weight is 414 g/mol. The minimum atomic E-state index is -0.648. The molecule has 0 spiro atoms. The van der Waals surface area contributed by atoms with Crippen molar-refractivity contribution >= 4 is 5.82 Å². The Labute approximate surface area is 171 Å². The van der Waals surface area contributed by atoms with Crippen molar-refractivity contribution < 1.29 is 18.3 Å².